The first-order chi connectivity index (χ1) is 7.29. The molecular weight excluding hydrogens is 190 g/mol. The summed E-state index contributed by atoms with van der Waals surface area (Å²) in [6, 6.07) is 0. The molecule has 0 atom stereocenters. The van der Waals surface area contributed by atoms with Gasteiger partial charge in [-0.2, -0.15) is 0 Å². The van der Waals surface area contributed by atoms with Crippen LogP contribution in [-0.4, -0.2) is 65.8 Å². The van der Waals surface area contributed by atoms with E-state index >= 15 is 0 Å². The topological polar surface area (TPSA) is 20.3 Å². The third kappa shape index (κ3) is 2.00. The molecule has 1 rings (SSSR count). The molecule has 0 saturated heterocycles. The summed E-state index contributed by atoms with van der Waals surface area (Å²) in [7, 11) is 38.0. The Morgan fingerprint density at radius 1 is 0.750 bits per heavy atom. The standard InChI is InChI=1S/C7B7NO/c8-2-1(7(16)15(13)14)3(9)5(11)6(12)4(2)10. The third-order valence-corrected chi connectivity index (χ3v) is 2.15. The van der Waals surface area contributed by atoms with E-state index in [1.54, 1.807) is 0 Å². The van der Waals surface area contributed by atoms with Crippen molar-refractivity contribution in [2.75, 3.05) is 0 Å². The fourth-order valence-electron chi connectivity index (χ4n) is 1.21. The molecule has 0 aliphatic rings. The van der Waals surface area contributed by atoms with Gasteiger partial charge in [-0.25, -0.2) is 0 Å². The first-order valence-electron chi connectivity index (χ1n) is 4.14. The van der Waals surface area contributed by atoms with Crippen molar-refractivity contribution in [3.05, 3.63) is 5.56 Å². The number of nitrogens with zero attached hydrogens (tertiary/aromatic N) is 1. The molecule has 1 aromatic rings. The van der Waals surface area contributed by atoms with Gasteiger partial charge in [0.15, 0.2) is 0 Å². The van der Waals surface area contributed by atoms with Crippen molar-refractivity contribution >= 4 is 88.4 Å². The first kappa shape index (κ1) is 13.2. The summed E-state index contributed by atoms with van der Waals surface area (Å²) in [5.74, 6) is -0.812. The van der Waals surface area contributed by atoms with Crippen LogP contribution in [0, 0.1) is 0 Å². The van der Waals surface area contributed by atoms with Crippen LogP contribution in [0.1, 0.15) is 10.4 Å². The molecule has 1 amide bonds. The van der Waals surface area contributed by atoms with Crippen molar-refractivity contribution in [1.82, 2.24) is 4.72 Å². The zero-order chi connectivity index (χ0) is 12.6. The minimum Gasteiger partial charge on any atom is -0.445 e. The summed E-state index contributed by atoms with van der Waals surface area (Å²) in [5, 5.41) is 0. The van der Waals surface area contributed by atoms with Crippen LogP contribution in [0.4, 0.5) is 0 Å². The molecule has 0 bridgehead atoms. The summed E-state index contributed by atoms with van der Waals surface area (Å²) in [6.45, 7) is 0. The van der Waals surface area contributed by atoms with E-state index in [2.05, 4.69) is 0 Å². The van der Waals surface area contributed by atoms with Crippen LogP contribution in [0.2, 0.25) is 0 Å². The average Bonchev–Trinajstić information content (AvgIpc) is 2.23. The van der Waals surface area contributed by atoms with Crippen molar-refractivity contribution in [2.45, 2.75) is 0 Å². The normalized spacial score (nSPS) is 10.0. The quantitative estimate of drug-likeness (QED) is 0.404. The summed E-state index contributed by atoms with van der Waals surface area (Å²) < 4.78 is 0.330. The van der Waals surface area contributed by atoms with E-state index in [0.717, 1.165) is 0 Å². The lowest BCUT2D eigenvalue weighted by Gasteiger charge is -2.22. The minimum atomic E-state index is -0.812. The van der Waals surface area contributed by atoms with Gasteiger partial charge in [-0.3, -0.25) is 4.79 Å². The van der Waals surface area contributed by atoms with Crippen molar-refractivity contribution in [1.29, 1.82) is 0 Å². The minimum absolute atomic E-state index is 0.0205. The van der Waals surface area contributed by atoms with Gasteiger partial charge in [0.1, 0.15) is 39.2 Å². The largest absolute Gasteiger partial charge is 0.445 e. The zero-order valence-corrected chi connectivity index (χ0v) is 8.40. The van der Waals surface area contributed by atoms with Crippen molar-refractivity contribution in [3.63, 3.8) is 0 Å². The molecule has 1 aromatic carbocycles. The second kappa shape index (κ2) is 4.56. The molecule has 9 heteroatoms. The van der Waals surface area contributed by atoms with Gasteiger partial charge in [-0.05, 0) is 0 Å². The second-order valence-electron chi connectivity index (χ2n) is 3.16. The molecule has 0 heterocycles. The molecule has 0 aromatic heterocycles. The molecule has 0 saturated carbocycles. The van der Waals surface area contributed by atoms with E-state index in [1.807, 2.05) is 0 Å². The predicted octanol–water partition coefficient (Wildman–Crippen LogP) is -5.74. The molecule has 0 fully saturated rings. The second-order valence-corrected chi connectivity index (χ2v) is 3.16. The van der Waals surface area contributed by atoms with Crippen molar-refractivity contribution < 1.29 is 4.79 Å². The Labute approximate surface area is 104 Å². The van der Waals surface area contributed by atoms with Gasteiger partial charge in [0, 0.05) is 5.56 Å². The van der Waals surface area contributed by atoms with Crippen molar-refractivity contribution in [3.8, 4) is 0 Å². The van der Waals surface area contributed by atoms with Gasteiger partial charge in [0.05, 0.1) is 0 Å². The summed E-state index contributed by atoms with van der Waals surface area (Å²) in [6.07, 6.45) is 0. The number of carbonyl (C=O) groups is 1. The Kier molecular flexibility index (Phi) is 3.77. The van der Waals surface area contributed by atoms with E-state index < -0.39 is 5.91 Å². The number of hydrogen-bond donors (Lipinski definition) is 0. The first-order valence-corrected chi connectivity index (χ1v) is 4.14. The lowest BCUT2D eigenvalue weighted by atomic mass is 9.60. The molecule has 16 heavy (non-hydrogen) atoms. The molecule has 0 aliphatic heterocycles. The fraction of sp³-hybridized carbons (Fsp3) is 0. The Bertz CT molecular complexity index is 430. The van der Waals surface area contributed by atoms with Crippen LogP contribution in [0.15, 0.2) is 0 Å². The fourth-order valence-corrected chi connectivity index (χ4v) is 1.21. The maximum absolute atomic E-state index is 11.6. The van der Waals surface area contributed by atoms with Crippen LogP contribution < -0.4 is 27.3 Å². The molecule has 0 aliphatic carbocycles. The summed E-state index contributed by atoms with van der Waals surface area (Å²) in [5.41, 5.74) is -0.402. The highest BCUT2D eigenvalue weighted by Gasteiger charge is 2.16. The highest BCUT2D eigenvalue weighted by Crippen LogP contribution is 1.90. The highest BCUT2D eigenvalue weighted by molar-refractivity contribution is 6.68. The Morgan fingerprint density at radius 2 is 1.06 bits per heavy atom. The van der Waals surface area contributed by atoms with Gasteiger partial charge < -0.3 is 4.72 Å². The summed E-state index contributed by atoms with van der Waals surface area (Å²) >= 11 is 0. The smallest absolute Gasteiger partial charge is 0.227 e. The lowest BCUT2D eigenvalue weighted by molar-refractivity contribution is 0.0925. The van der Waals surface area contributed by atoms with Crippen molar-refractivity contribution in [2.24, 2.45) is 0 Å². The van der Waals surface area contributed by atoms with Gasteiger partial charge >= 0.3 is 0 Å². The van der Waals surface area contributed by atoms with E-state index in [9.17, 15) is 4.79 Å². The number of hydrogen-bond acceptors (Lipinski definition) is 1. The highest BCUT2D eigenvalue weighted by atomic mass is 16.2. The summed E-state index contributed by atoms with van der Waals surface area (Å²) in [4.78, 5) is 11.6. The molecule has 0 unspecified atom stereocenters. The van der Waals surface area contributed by atoms with E-state index in [0.29, 0.717) is 4.72 Å². The van der Waals surface area contributed by atoms with Crippen LogP contribution >= 0.6 is 0 Å². The van der Waals surface area contributed by atoms with Crippen LogP contribution in [0.3, 0.4) is 0 Å². The molecule has 0 N–H and O–H groups in total. The molecule has 14 radical (unpaired) electrons. The zero-order valence-electron chi connectivity index (χ0n) is 8.40. The monoisotopic (exact) mass is 191 g/mol. The number of rotatable bonds is 1. The van der Waals surface area contributed by atoms with E-state index in [4.69, 9.17) is 55.2 Å². The molecule has 0 spiro atoms. The number of benzene rings is 1. The maximum atomic E-state index is 11.6. The van der Waals surface area contributed by atoms with Gasteiger partial charge in [-0.1, -0.05) is 10.9 Å². The third-order valence-electron chi connectivity index (χ3n) is 2.15. The SMILES string of the molecule is [B]c1c([B])c([B])c(C(=O)N([B])[B])c([B])c1[B]. The van der Waals surface area contributed by atoms with Crippen LogP contribution in [0.5, 0.6) is 0 Å². The van der Waals surface area contributed by atoms with E-state index in [-0.39, 0.29) is 32.9 Å². The average molecular weight is 190 g/mol. The maximum Gasteiger partial charge on any atom is 0.227 e. The molecular formula is C7B7NO. The Balaban J connectivity index is 3.58. The molecule has 2 nitrogen and oxygen atoms in total. The van der Waals surface area contributed by atoms with Crippen LogP contribution in [-0.2, 0) is 0 Å². The Hall–Kier alpha value is -0.855. The predicted molar refractivity (Wildman–Crippen MR) is 71.1 cm³/mol. The molecule has 60 valence electrons. The van der Waals surface area contributed by atoms with Gasteiger partial charge in [-0.15, -0.1) is 16.4 Å². The van der Waals surface area contributed by atoms with E-state index in [1.165, 1.54) is 0 Å². The van der Waals surface area contributed by atoms with Crippen LogP contribution in [0.25, 0.3) is 0 Å². The Morgan fingerprint density at radius 3 is 1.38 bits per heavy atom. The van der Waals surface area contributed by atoms with Gasteiger partial charge in [0.2, 0.25) is 21.9 Å². The van der Waals surface area contributed by atoms with Gasteiger partial charge in [0.25, 0.3) is 0 Å². The number of amides is 1. The lowest BCUT2D eigenvalue weighted by Crippen LogP contribution is -2.58. The number of carbonyl (C=O) groups excluding carboxylic acids is 1.